The predicted octanol–water partition coefficient (Wildman–Crippen LogP) is 3.46. The Morgan fingerprint density at radius 1 is 1.05 bits per heavy atom. The van der Waals surface area contributed by atoms with Crippen molar-refractivity contribution in [1.29, 1.82) is 0 Å². The van der Waals surface area contributed by atoms with Crippen molar-refractivity contribution < 1.29 is 9.59 Å². The van der Waals surface area contributed by atoms with E-state index in [0.717, 1.165) is 16.7 Å². The van der Waals surface area contributed by atoms with Crippen LogP contribution in [-0.4, -0.2) is 16.6 Å². The molecule has 0 saturated heterocycles. The zero-order valence-electron chi connectivity index (χ0n) is 11.9. The van der Waals surface area contributed by atoms with Crippen LogP contribution in [0.4, 0.5) is 0 Å². The molecule has 1 heterocycles. The van der Waals surface area contributed by atoms with E-state index in [2.05, 4.69) is 4.98 Å². The Hall–Kier alpha value is -2.29. The Bertz CT molecular complexity index is 637. The van der Waals surface area contributed by atoms with Gasteiger partial charge < -0.3 is 0 Å². The minimum absolute atomic E-state index is 0.115. The van der Waals surface area contributed by atoms with Crippen molar-refractivity contribution in [3.8, 4) is 0 Å². The van der Waals surface area contributed by atoms with Gasteiger partial charge in [-0.1, -0.05) is 17.7 Å². The lowest BCUT2D eigenvalue weighted by molar-refractivity contribution is 0.0893. The molecule has 0 aliphatic heterocycles. The third-order valence-electron chi connectivity index (χ3n) is 3.26. The lowest BCUT2D eigenvalue weighted by Gasteiger charge is -2.10. The standard InChI is InChI=1S/C17H17NO2/c1-11-7-12(2)17(13(3)8-11)16(20)9-15(19)14-5-4-6-18-10-14/h4-8,10H,9H2,1-3H3. The fraction of sp³-hybridized carbons (Fsp3) is 0.235. The van der Waals surface area contributed by atoms with Gasteiger partial charge in [0, 0.05) is 23.5 Å². The second-order valence-electron chi connectivity index (χ2n) is 5.04. The molecule has 0 aliphatic rings. The Morgan fingerprint density at radius 2 is 1.70 bits per heavy atom. The van der Waals surface area contributed by atoms with Crippen LogP contribution in [0.5, 0.6) is 0 Å². The maximum atomic E-state index is 12.3. The first-order valence-corrected chi connectivity index (χ1v) is 6.53. The van der Waals surface area contributed by atoms with Crippen LogP contribution >= 0.6 is 0 Å². The number of carbonyl (C=O) groups is 2. The summed E-state index contributed by atoms with van der Waals surface area (Å²) in [7, 11) is 0. The molecule has 0 aliphatic carbocycles. The number of rotatable bonds is 4. The third kappa shape index (κ3) is 2.99. The van der Waals surface area contributed by atoms with E-state index in [-0.39, 0.29) is 18.0 Å². The Balaban J connectivity index is 2.24. The van der Waals surface area contributed by atoms with Gasteiger partial charge in [-0.2, -0.15) is 0 Å². The highest BCUT2D eigenvalue weighted by Crippen LogP contribution is 2.19. The molecule has 0 bridgehead atoms. The number of pyridine rings is 1. The monoisotopic (exact) mass is 267 g/mol. The van der Waals surface area contributed by atoms with Crippen LogP contribution in [0, 0.1) is 20.8 Å². The van der Waals surface area contributed by atoms with Gasteiger partial charge in [-0.15, -0.1) is 0 Å². The molecule has 2 rings (SSSR count). The first-order chi connectivity index (χ1) is 9.49. The van der Waals surface area contributed by atoms with Crippen molar-refractivity contribution in [2.24, 2.45) is 0 Å². The van der Waals surface area contributed by atoms with Crippen molar-refractivity contribution in [2.45, 2.75) is 27.2 Å². The maximum Gasteiger partial charge on any atom is 0.172 e. The molecule has 2 aromatic rings. The van der Waals surface area contributed by atoms with Crippen LogP contribution in [0.3, 0.4) is 0 Å². The molecule has 0 unspecified atom stereocenters. The van der Waals surface area contributed by atoms with Gasteiger partial charge >= 0.3 is 0 Å². The number of hydrogen-bond acceptors (Lipinski definition) is 3. The van der Waals surface area contributed by atoms with Gasteiger partial charge in [0.15, 0.2) is 11.6 Å². The summed E-state index contributed by atoms with van der Waals surface area (Å²) in [6.45, 7) is 5.80. The molecule has 102 valence electrons. The number of nitrogens with zero attached hydrogens (tertiary/aromatic N) is 1. The first kappa shape index (κ1) is 14.1. The zero-order valence-corrected chi connectivity index (χ0v) is 11.9. The smallest absolute Gasteiger partial charge is 0.172 e. The number of ketones is 2. The van der Waals surface area contributed by atoms with E-state index in [1.54, 1.807) is 18.3 Å². The largest absolute Gasteiger partial charge is 0.294 e. The number of aromatic nitrogens is 1. The van der Waals surface area contributed by atoms with E-state index < -0.39 is 0 Å². The fourth-order valence-electron chi connectivity index (χ4n) is 2.48. The minimum Gasteiger partial charge on any atom is -0.294 e. The molecule has 1 aromatic heterocycles. The first-order valence-electron chi connectivity index (χ1n) is 6.53. The van der Waals surface area contributed by atoms with E-state index >= 15 is 0 Å². The minimum atomic E-state index is -0.192. The molecular weight excluding hydrogens is 250 g/mol. The Kier molecular flexibility index (Phi) is 4.08. The second-order valence-corrected chi connectivity index (χ2v) is 5.04. The van der Waals surface area contributed by atoms with Gasteiger partial charge in [0.1, 0.15) is 0 Å². The zero-order chi connectivity index (χ0) is 14.7. The number of aryl methyl sites for hydroxylation is 3. The van der Waals surface area contributed by atoms with Crippen molar-refractivity contribution in [1.82, 2.24) is 4.98 Å². The van der Waals surface area contributed by atoms with Crippen molar-refractivity contribution >= 4 is 11.6 Å². The van der Waals surface area contributed by atoms with Crippen molar-refractivity contribution in [2.75, 3.05) is 0 Å². The highest BCUT2D eigenvalue weighted by atomic mass is 16.1. The highest BCUT2D eigenvalue weighted by molar-refractivity contribution is 6.14. The van der Waals surface area contributed by atoms with Gasteiger partial charge in [0.05, 0.1) is 6.42 Å². The SMILES string of the molecule is Cc1cc(C)c(C(=O)CC(=O)c2cccnc2)c(C)c1. The highest BCUT2D eigenvalue weighted by Gasteiger charge is 2.17. The van der Waals surface area contributed by atoms with E-state index in [0.29, 0.717) is 11.1 Å². The van der Waals surface area contributed by atoms with Crippen LogP contribution in [0.25, 0.3) is 0 Å². The lowest BCUT2D eigenvalue weighted by atomic mass is 9.93. The summed E-state index contributed by atoms with van der Waals surface area (Å²) in [5.41, 5.74) is 4.10. The summed E-state index contributed by atoms with van der Waals surface area (Å²) >= 11 is 0. The summed E-state index contributed by atoms with van der Waals surface area (Å²) in [5.74, 6) is -0.323. The van der Waals surface area contributed by atoms with Gasteiger partial charge in [-0.25, -0.2) is 0 Å². The topological polar surface area (TPSA) is 47.0 Å². The summed E-state index contributed by atoms with van der Waals surface area (Å²) < 4.78 is 0. The number of hydrogen-bond donors (Lipinski definition) is 0. The van der Waals surface area contributed by atoms with Crippen molar-refractivity contribution in [3.05, 3.63) is 64.5 Å². The molecule has 0 atom stereocenters. The molecule has 0 radical (unpaired) electrons. The van der Waals surface area contributed by atoms with Crippen LogP contribution in [0.2, 0.25) is 0 Å². The average molecular weight is 267 g/mol. The maximum absolute atomic E-state index is 12.3. The van der Waals surface area contributed by atoms with E-state index in [1.807, 2.05) is 32.9 Å². The molecule has 0 fully saturated rings. The quantitative estimate of drug-likeness (QED) is 0.629. The number of benzene rings is 1. The number of carbonyl (C=O) groups excluding carboxylic acids is 2. The molecular formula is C17H17NO2. The lowest BCUT2D eigenvalue weighted by Crippen LogP contribution is -2.11. The normalized spacial score (nSPS) is 10.3. The summed E-state index contributed by atoms with van der Waals surface area (Å²) in [5, 5.41) is 0. The molecule has 0 spiro atoms. The van der Waals surface area contributed by atoms with E-state index in [1.165, 1.54) is 6.20 Å². The summed E-state index contributed by atoms with van der Waals surface area (Å²) in [6.07, 6.45) is 2.98. The Labute approximate surface area is 118 Å². The summed E-state index contributed by atoms with van der Waals surface area (Å²) in [6, 6.07) is 7.31. The number of Topliss-reactive ketones (excluding diaryl/α,β-unsaturated/α-hetero) is 2. The van der Waals surface area contributed by atoms with Crippen LogP contribution in [0.15, 0.2) is 36.7 Å². The second kappa shape index (κ2) is 5.78. The molecule has 3 nitrogen and oxygen atoms in total. The van der Waals surface area contributed by atoms with Crippen molar-refractivity contribution in [3.63, 3.8) is 0 Å². The Morgan fingerprint density at radius 3 is 2.25 bits per heavy atom. The van der Waals surface area contributed by atoms with E-state index in [9.17, 15) is 9.59 Å². The van der Waals surface area contributed by atoms with Gasteiger partial charge in [-0.3, -0.25) is 14.6 Å². The predicted molar refractivity (Wildman–Crippen MR) is 78.2 cm³/mol. The van der Waals surface area contributed by atoms with Gasteiger partial charge in [0.2, 0.25) is 0 Å². The van der Waals surface area contributed by atoms with E-state index in [4.69, 9.17) is 0 Å². The van der Waals surface area contributed by atoms with Gasteiger partial charge in [-0.05, 0) is 44.0 Å². The van der Waals surface area contributed by atoms with Crippen LogP contribution in [0.1, 0.15) is 43.8 Å². The molecule has 20 heavy (non-hydrogen) atoms. The molecule has 3 heteroatoms. The van der Waals surface area contributed by atoms with Crippen LogP contribution < -0.4 is 0 Å². The summed E-state index contributed by atoms with van der Waals surface area (Å²) in [4.78, 5) is 28.3. The fourth-order valence-corrected chi connectivity index (χ4v) is 2.48. The third-order valence-corrected chi connectivity index (χ3v) is 3.26. The van der Waals surface area contributed by atoms with Gasteiger partial charge in [0.25, 0.3) is 0 Å². The molecule has 0 saturated carbocycles. The molecule has 1 aromatic carbocycles. The average Bonchev–Trinajstić information content (AvgIpc) is 2.38. The molecule has 0 amide bonds. The molecule has 0 N–H and O–H groups in total. The van der Waals surface area contributed by atoms with Crippen LogP contribution in [-0.2, 0) is 0 Å².